The first kappa shape index (κ1) is 13.2. The van der Waals surface area contributed by atoms with E-state index in [1.165, 1.54) is 5.57 Å². The molecule has 0 radical (unpaired) electrons. The molecule has 0 aliphatic carbocycles. The van der Waals surface area contributed by atoms with Crippen LogP contribution in [-0.2, 0) is 4.79 Å². The Morgan fingerprint density at radius 3 is 2.31 bits per heavy atom. The van der Waals surface area contributed by atoms with E-state index < -0.39 is 11.0 Å². The topological polar surface area (TPSA) is 46.3 Å². The van der Waals surface area contributed by atoms with Gasteiger partial charge in [-0.05, 0) is 41.0 Å². The second-order valence-electron chi connectivity index (χ2n) is 5.90. The van der Waals surface area contributed by atoms with Crippen LogP contribution in [-0.4, -0.2) is 29.4 Å². The van der Waals surface area contributed by atoms with Crippen LogP contribution in [0.3, 0.4) is 0 Å². The lowest BCUT2D eigenvalue weighted by molar-refractivity contribution is -0.143. The molecule has 3 nitrogen and oxygen atoms in total. The Hall–Kier alpha value is -0.830. The molecule has 0 atom stereocenters. The molecule has 16 heavy (non-hydrogen) atoms. The van der Waals surface area contributed by atoms with Crippen molar-refractivity contribution in [1.29, 1.82) is 0 Å². The first-order chi connectivity index (χ1) is 7.16. The highest BCUT2D eigenvalue weighted by Crippen LogP contribution is 2.31. The highest BCUT2D eigenvalue weighted by molar-refractivity contribution is 5.83. The zero-order valence-electron chi connectivity index (χ0n) is 11.1. The largest absolute Gasteiger partial charge is 0.338 e. The van der Waals surface area contributed by atoms with Gasteiger partial charge in [-0.2, -0.15) is 0 Å². The Morgan fingerprint density at radius 1 is 1.38 bits per heavy atom. The summed E-state index contributed by atoms with van der Waals surface area (Å²) >= 11 is 0. The zero-order chi connectivity index (χ0) is 12.6. The smallest absolute Gasteiger partial charge is 0.230 e. The van der Waals surface area contributed by atoms with E-state index in [4.69, 9.17) is 5.73 Å². The van der Waals surface area contributed by atoms with Gasteiger partial charge in [-0.1, -0.05) is 11.6 Å². The molecule has 0 saturated heterocycles. The highest BCUT2D eigenvalue weighted by Gasteiger charge is 2.42. The average molecular weight is 224 g/mol. The second kappa shape index (κ2) is 4.21. The van der Waals surface area contributed by atoms with Crippen LogP contribution in [0.5, 0.6) is 0 Å². The van der Waals surface area contributed by atoms with E-state index >= 15 is 0 Å². The first-order valence-corrected chi connectivity index (χ1v) is 5.90. The second-order valence-corrected chi connectivity index (χ2v) is 5.90. The van der Waals surface area contributed by atoms with E-state index in [0.717, 1.165) is 19.5 Å². The summed E-state index contributed by atoms with van der Waals surface area (Å²) in [5.41, 5.74) is 6.43. The fourth-order valence-corrected chi connectivity index (χ4v) is 1.63. The quantitative estimate of drug-likeness (QED) is 0.728. The number of carbonyl (C=O) groups excluding carboxylic acids is 1. The maximum absolute atomic E-state index is 12.4. The van der Waals surface area contributed by atoms with Crippen LogP contribution in [0.1, 0.15) is 41.0 Å². The Balaban J connectivity index is 2.80. The van der Waals surface area contributed by atoms with Crippen molar-refractivity contribution in [2.45, 2.75) is 46.6 Å². The van der Waals surface area contributed by atoms with Gasteiger partial charge in [0.05, 0.1) is 5.41 Å². The van der Waals surface area contributed by atoms with E-state index in [1.54, 1.807) is 0 Å². The van der Waals surface area contributed by atoms with Crippen molar-refractivity contribution < 1.29 is 4.79 Å². The molecular weight excluding hydrogens is 200 g/mol. The van der Waals surface area contributed by atoms with Gasteiger partial charge in [0.1, 0.15) is 0 Å². The third-order valence-electron chi connectivity index (χ3n) is 3.87. The third-order valence-corrected chi connectivity index (χ3v) is 3.87. The van der Waals surface area contributed by atoms with Crippen LogP contribution in [0.25, 0.3) is 0 Å². The Labute approximate surface area is 98.7 Å². The van der Waals surface area contributed by atoms with Gasteiger partial charge < -0.3 is 10.6 Å². The SMILES string of the molecule is CC1=CCN(C(=O)C(C)(C)C(C)(C)N)CC1. The molecule has 3 heteroatoms. The molecular formula is C13H24N2O. The average Bonchev–Trinajstić information content (AvgIpc) is 2.16. The van der Waals surface area contributed by atoms with Crippen LogP contribution >= 0.6 is 0 Å². The Morgan fingerprint density at radius 2 is 1.94 bits per heavy atom. The Kier molecular flexibility index (Phi) is 3.48. The summed E-state index contributed by atoms with van der Waals surface area (Å²) in [7, 11) is 0. The molecule has 0 unspecified atom stereocenters. The van der Waals surface area contributed by atoms with E-state index in [-0.39, 0.29) is 5.91 Å². The monoisotopic (exact) mass is 224 g/mol. The highest BCUT2D eigenvalue weighted by atomic mass is 16.2. The van der Waals surface area contributed by atoms with Crippen LogP contribution in [0.15, 0.2) is 11.6 Å². The van der Waals surface area contributed by atoms with Gasteiger partial charge in [-0.15, -0.1) is 0 Å². The van der Waals surface area contributed by atoms with E-state index in [2.05, 4.69) is 13.0 Å². The summed E-state index contributed by atoms with van der Waals surface area (Å²) in [6, 6.07) is 0. The van der Waals surface area contributed by atoms with Crippen molar-refractivity contribution in [3.8, 4) is 0 Å². The molecule has 1 aliphatic rings. The Bertz CT molecular complexity index is 310. The van der Waals surface area contributed by atoms with Gasteiger partial charge in [0.2, 0.25) is 5.91 Å². The van der Waals surface area contributed by atoms with Crippen molar-refractivity contribution in [3.05, 3.63) is 11.6 Å². The van der Waals surface area contributed by atoms with Crippen molar-refractivity contribution in [2.24, 2.45) is 11.1 Å². The van der Waals surface area contributed by atoms with Gasteiger partial charge in [-0.3, -0.25) is 4.79 Å². The number of nitrogens with two attached hydrogens (primary N) is 1. The lowest BCUT2D eigenvalue weighted by Gasteiger charge is -2.41. The van der Waals surface area contributed by atoms with E-state index in [9.17, 15) is 4.79 Å². The number of hydrogen-bond acceptors (Lipinski definition) is 2. The maximum Gasteiger partial charge on any atom is 0.230 e. The minimum absolute atomic E-state index is 0.156. The molecule has 0 aromatic rings. The summed E-state index contributed by atoms with van der Waals surface area (Å²) in [5.74, 6) is 0.156. The molecule has 0 spiro atoms. The molecule has 0 fully saturated rings. The number of hydrogen-bond donors (Lipinski definition) is 1. The predicted octanol–water partition coefficient (Wildman–Crippen LogP) is 1.93. The number of amides is 1. The summed E-state index contributed by atoms with van der Waals surface area (Å²) in [4.78, 5) is 14.3. The number of nitrogens with zero attached hydrogens (tertiary/aromatic N) is 1. The summed E-state index contributed by atoms with van der Waals surface area (Å²) in [6.07, 6.45) is 3.10. The van der Waals surface area contributed by atoms with E-state index in [1.807, 2.05) is 32.6 Å². The van der Waals surface area contributed by atoms with Crippen molar-refractivity contribution in [3.63, 3.8) is 0 Å². The fraction of sp³-hybridized carbons (Fsp3) is 0.769. The van der Waals surface area contributed by atoms with Gasteiger partial charge in [0, 0.05) is 18.6 Å². The van der Waals surface area contributed by atoms with Gasteiger partial charge >= 0.3 is 0 Å². The molecule has 1 rings (SSSR count). The van der Waals surface area contributed by atoms with Crippen molar-refractivity contribution in [1.82, 2.24) is 4.90 Å². The standard InChI is InChI=1S/C13H24N2O/c1-10-6-8-15(9-7-10)11(16)12(2,3)13(4,5)14/h6H,7-9,14H2,1-5H3. The molecule has 0 aromatic carbocycles. The van der Waals surface area contributed by atoms with Gasteiger partial charge in [0.15, 0.2) is 0 Å². The summed E-state index contributed by atoms with van der Waals surface area (Å²) in [5, 5.41) is 0. The van der Waals surface area contributed by atoms with Crippen LogP contribution in [0, 0.1) is 5.41 Å². The van der Waals surface area contributed by atoms with Crippen LogP contribution in [0.4, 0.5) is 0 Å². The molecule has 0 bridgehead atoms. The number of carbonyl (C=O) groups is 1. The van der Waals surface area contributed by atoms with Crippen LogP contribution in [0.2, 0.25) is 0 Å². The lowest BCUT2D eigenvalue weighted by Crippen LogP contribution is -2.57. The molecule has 1 aliphatic heterocycles. The molecule has 92 valence electrons. The van der Waals surface area contributed by atoms with Crippen LogP contribution < -0.4 is 5.73 Å². The van der Waals surface area contributed by atoms with Crippen molar-refractivity contribution in [2.75, 3.05) is 13.1 Å². The maximum atomic E-state index is 12.4. The van der Waals surface area contributed by atoms with Gasteiger partial charge in [0.25, 0.3) is 0 Å². The minimum Gasteiger partial charge on any atom is -0.338 e. The predicted molar refractivity (Wildman–Crippen MR) is 67.0 cm³/mol. The molecule has 2 N–H and O–H groups in total. The summed E-state index contributed by atoms with van der Waals surface area (Å²) in [6.45, 7) is 11.3. The van der Waals surface area contributed by atoms with Crippen molar-refractivity contribution >= 4 is 5.91 Å². The molecule has 0 aromatic heterocycles. The zero-order valence-corrected chi connectivity index (χ0v) is 11.1. The third kappa shape index (κ3) is 2.46. The molecule has 1 amide bonds. The fourth-order valence-electron chi connectivity index (χ4n) is 1.63. The summed E-state index contributed by atoms with van der Waals surface area (Å²) < 4.78 is 0. The van der Waals surface area contributed by atoms with E-state index in [0.29, 0.717) is 0 Å². The first-order valence-electron chi connectivity index (χ1n) is 5.90. The normalized spacial score (nSPS) is 18.4. The molecule has 1 heterocycles. The minimum atomic E-state index is -0.522. The number of rotatable bonds is 2. The molecule has 0 saturated carbocycles. The van der Waals surface area contributed by atoms with Gasteiger partial charge in [-0.25, -0.2) is 0 Å². The lowest BCUT2D eigenvalue weighted by atomic mass is 9.74.